The molecule has 0 saturated carbocycles. The first-order chi connectivity index (χ1) is 12.7. The van der Waals surface area contributed by atoms with Crippen molar-refractivity contribution in [3.05, 3.63) is 41.0 Å². The molecule has 3 aromatic rings. The largest absolute Gasteiger partial charge is 0.419 e. The highest BCUT2D eigenvalue weighted by Gasteiger charge is 2.17. The Morgan fingerprint density at radius 1 is 1.08 bits per heavy atom. The molecular weight excluding hydrogens is 354 g/mol. The number of tetrazole rings is 1. The van der Waals surface area contributed by atoms with E-state index in [1.165, 1.54) is 0 Å². The average molecular weight is 376 g/mol. The van der Waals surface area contributed by atoms with Gasteiger partial charge in [0.05, 0.1) is 23.7 Å². The summed E-state index contributed by atoms with van der Waals surface area (Å²) in [6.45, 7) is 7.08. The fourth-order valence-electron chi connectivity index (χ4n) is 2.70. The SMILES string of the molecule is CCCN(Cc1nnc(-c2ccccc2Cl)o1)Cc1nnnn1CCC. The van der Waals surface area contributed by atoms with Crippen LogP contribution in [0, 0.1) is 0 Å². The summed E-state index contributed by atoms with van der Waals surface area (Å²) in [5.41, 5.74) is 0.738. The van der Waals surface area contributed by atoms with Gasteiger partial charge in [-0.05, 0) is 41.9 Å². The maximum Gasteiger partial charge on any atom is 0.249 e. The third kappa shape index (κ3) is 4.44. The van der Waals surface area contributed by atoms with Crippen molar-refractivity contribution in [2.24, 2.45) is 0 Å². The number of hydrogen-bond donors (Lipinski definition) is 0. The lowest BCUT2D eigenvalue weighted by Crippen LogP contribution is -2.26. The average Bonchev–Trinajstić information content (AvgIpc) is 3.26. The molecule has 0 amide bonds. The van der Waals surface area contributed by atoms with Gasteiger partial charge < -0.3 is 4.42 Å². The molecule has 0 spiro atoms. The lowest BCUT2D eigenvalue weighted by molar-refractivity contribution is 0.222. The second-order valence-electron chi connectivity index (χ2n) is 6.01. The zero-order valence-corrected chi connectivity index (χ0v) is 15.7. The summed E-state index contributed by atoms with van der Waals surface area (Å²) in [7, 11) is 0. The second-order valence-corrected chi connectivity index (χ2v) is 6.42. The molecule has 3 rings (SSSR count). The van der Waals surface area contributed by atoms with Crippen LogP contribution in [0.25, 0.3) is 11.5 Å². The summed E-state index contributed by atoms with van der Waals surface area (Å²) in [4.78, 5) is 2.20. The van der Waals surface area contributed by atoms with Crippen LogP contribution in [-0.2, 0) is 19.6 Å². The van der Waals surface area contributed by atoms with E-state index >= 15 is 0 Å². The lowest BCUT2D eigenvalue weighted by Gasteiger charge is -2.18. The fourth-order valence-corrected chi connectivity index (χ4v) is 2.92. The molecule has 138 valence electrons. The Morgan fingerprint density at radius 2 is 1.92 bits per heavy atom. The lowest BCUT2D eigenvalue weighted by atomic mass is 10.2. The van der Waals surface area contributed by atoms with Crippen LogP contribution in [0.4, 0.5) is 0 Å². The predicted octanol–water partition coefficient (Wildman–Crippen LogP) is 3.20. The maximum atomic E-state index is 6.20. The number of nitrogens with zero attached hydrogens (tertiary/aromatic N) is 7. The van der Waals surface area contributed by atoms with Crippen LogP contribution >= 0.6 is 11.6 Å². The van der Waals surface area contributed by atoms with E-state index in [9.17, 15) is 0 Å². The number of aryl methyl sites for hydroxylation is 1. The molecule has 0 fully saturated rings. The van der Waals surface area contributed by atoms with E-state index in [0.717, 1.165) is 37.3 Å². The summed E-state index contributed by atoms with van der Waals surface area (Å²) in [5, 5.41) is 20.9. The van der Waals surface area contributed by atoms with Gasteiger partial charge in [0.25, 0.3) is 0 Å². The highest BCUT2D eigenvalue weighted by molar-refractivity contribution is 6.33. The summed E-state index contributed by atoms with van der Waals surface area (Å²) in [5.74, 6) is 1.81. The van der Waals surface area contributed by atoms with Crippen LogP contribution in [0.2, 0.25) is 5.02 Å². The molecule has 1 aromatic carbocycles. The van der Waals surface area contributed by atoms with Gasteiger partial charge in [-0.25, -0.2) is 4.68 Å². The molecule has 26 heavy (non-hydrogen) atoms. The highest BCUT2D eigenvalue weighted by atomic mass is 35.5. The number of benzene rings is 1. The topological polar surface area (TPSA) is 85.8 Å². The molecule has 0 saturated heterocycles. The molecule has 0 radical (unpaired) electrons. The van der Waals surface area contributed by atoms with E-state index in [2.05, 4.69) is 44.5 Å². The molecule has 8 nitrogen and oxygen atoms in total. The molecule has 0 N–H and O–H groups in total. The number of halogens is 1. The van der Waals surface area contributed by atoms with Crippen molar-refractivity contribution in [3.63, 3.8) is 0 Å². The van der Waals surface area contributed by atoms with Gasteiger partial charge >= 0.3 is 0 Å². The van der Waals surface area contributed by atoms with Gasteiger partial charge in [0, 0.05) is 6.54 Å². The van der Waals surface area contributed by atoms with E-state index in [1.807, 2.05) is 22.9 Å². The van der Waals surface area contributed by atoms with Crippen molar-refractivity contribution in [3.8, 4) is 11.5 Å². The second kappa shape index (κ2) is 8.86. The number of aromatic nitrogens is 6. The summed E-state index contributed by atoms with van der Waals surface area (Å²) < 4.78 is 7.66. The van der Waals surface area contributed by atoms with Crippen LogP contribution in [0.15, 0.2) is 28.7 Å². The highest BCUT2D eigenvalue weighted by Crippen LogP contribution is 2.26. The van der Waals surface area contributed by atoms with Crippen molar-refractivity contribution < 1.29 is 4.42 Å². The van der Waals surface area contributed by atoms with Gasteiger partial charge in [0.15, 0.2) is 5.82 Å². The first kappa shape index (κ1) is 18.5. The Labute approximate surface area is 157 Å². The van der Waals surface area contributed by atoms with Crippen molar-refractivity contribution in [2.45, 2.75) is 46.3 Å². The van der Waals surface area contributed by atoms with Gasteiger partial charge in [0.1, 0.15) is 0 Å². The zero-order chi connectivity index (χ0) is 18.4. The minimum atomic E-state index is 0.429. The molecular formula is C17H22ClN7O. The van der Waals surface area contributed by atoms with Crippen molar-refractivity contribution in [2.75, 3.05) is 6.54 Å². The predicted molar refractivity (Wildman–Crippen MR) is 97.3 cm³/mol. The standard InChI is InChI=1S/C17H22ClN7O/c1-3-9-24(11-15-19-22-23-25(15)10-4-2)12-16-20-21-17(26-16)13-7-5-6-8-14(13)18/h5-8H,3-4,9-12H2,1-2H3. The van der Waals surface area contributed by atoms with Crippen molar-refractivity contribution in [1.29, 1.82) is 0 Å². The summed E-state index contributed by atoms with van der Waals surface area (Å²) >= 11 is 6.20. The Morgan fingerprint density at radius 3 is 2.69 bits per heavy atom. The minimum absolute atomic E-state index is 0.429. The van der Waals surface area contributed by atoms with Crippen molar-refractivity contribution in [1.82, 2.24) is 35.3 Å². The van der Waals surface area contributed by atoms with Gasteiger partial charge in [0.2, 0.25) is 11.8 Å². The summed E-state index contributed by atoms with van der Waals surface area (Å²) in [6.07, 6.45) is 1.98. The van der Waals surface area contributed by atoms with Crippen LogP contribution < -0.4 is 0 Å². The van der Waals surface area contributed by atoms with Gasteiger partial charge in [-0.2, -0.15) is 0 Å². The van der Waals surface area contributed by atoms with E-state index in [-0.39, 0.29) is 0 Å². The number of hydrogen-bond acceptors (Lipinski definition) is 7. The van der Waals surface area contributed by atoms with Gasteiger partial charge in [-0.1, -0.05) is 37.6 Å². The van der Waals surface area contributed by atoms with E-state index in [1.54, 1.807) is 6.07 Å². The molecule has 2 heterocycles. The van der Waals surface area contributed by atoms with Crippen LogP contribution in [0.5, 0.6) is 0 Å². The molecule has 0 unspecified atom stereocenters. The molecule has 0 aliphatic rings. The van der Waals surface area contributed by atoms with Crippen LogP contribution in [0.3, 0.4) is 0 Å². The van der Waals surface area contributed by atoms with Crippen LogP contribution in [-0.4, -0.2) is 41.8 Å². The first-order valence-corrected chi connectivity index (χ1v) is 9.13. The van der Waals surface area contributed by atoms with E-state index in [4.69, 9.17) is 16.0 Å². The normalized spacial score (nSPS) is 11.4. The summed E-state index contributed by atoms with van der Waals surface area (Å²) in [6, 6.07) is 7.43. The van der Waals surface area contributed by atoms with Crippen LogP contribution in [0.1, 0.15) is 38.4 Å². The molecule has 2 aromatic heterocycles. The Hall–Kier alpha value is -2.32. The van der Waals surface area contributed by atoms with Gasteiger partial charge in [-0.15, -0.1) is 15.3 Å². The van der Waals surface area contributed by atoms with E-state index in [0.29, 0.717) is 29.9 Å². The zero-order valence-electron chi connectivity index (χ0n) is 15.0. The minimum Gasteiger partial charge on any atom is -0.419 e. The molecule has 0 aliphatic carbocycles. The smallest absolute Gasteiger partial charge is 0.249 e. The molecule has 0 atom stereocenters. The van der Waals surface area contributed by atoms with Gasteiger partial charge in [-0.3, -0.25) is 4.90 Å². The number of rotatable bonds is 9. The molecule has 0 aliphatic heterocycles. The quantitative estimate of drug-likeness (QED) is 0.567. The third-order valence-corrected chi connectivity index (χ3v) is 4.21. The maximum absolute atomic E-state index is 6.20. The Balaban J connectivity index is 1.72. The first-order valence-electron chi connectivity index (χ1n) is 8.76. The fraction of sp³-hybridized carbons (Fsp3) is 0.471. The monoisotopic (exact) mass is 375 g/mol. The van der Waals surface area contributed by atoms with Crippen molar-refractivity contribution >= 4 is 11.6 Å². The molecule has 0 bridgehead atoms. The Bertz CT molecular complexity index is 832. The van der Waals surface area contributed by atoms with E-state index < -0.39 is 0 Å². The Kier molecular flexibility index (Phi) is 6.30. The third-order valence-electron chi connectivity index (χ3n) is 3.88. The molecule has 9 heteroatoms.